The molecule has 20 heavy (non-hydrogen) atoms. The number of nitrogens with one attached hydrogen (secondary N) is 1. The third kappa shape index (κ3) is 3.37. The van der Waals surface area contributed by atoms with Crippen LogP contribution in [0.15, 0.2) is 29.2 Å². The molecule has 0 spiro atoms. The summed E-state index contributed by atoms with van der Waals surface area (Å²) in [6, 6.07) is 6.36. The molecule has 0 bridgehead atoms. The van der Waals surface area contributed by atoms with E-state index in [2.05, 4.69) is 5.32 Å². The van der Waals surface area contributed by atoms with Crippen molar-refractivity contribution >= 4 is 21.6 Å². The van der Waals surface area contributed by atoms with Crippen LogP contribution >= 0.6 is 0 Å². The van der Waals surface area contributed by atoms with Crippen molar-refractivity contribution in [3.05, 3.63) is 24.3 Å². The second-order valence-electron chi connectivity index (χ2n) is 4.89. The van der Waals surface area contributed by atoms with E-state index in [0.29, 0.717) is 25.2 Å². The van der Waals surface area contributed by atoms with Crippen LogP contribution in [0.2, 0.25) is 0 Å². The topological polar surface area (TPSA) is 66.5 Å². The maximum absolute atomic E-state index is 12.4. The fourth-order valence-corrected chi connectivity index (χ4v) is 3.73. The first-order valence-corrected chi connectivity index (χ1v) is 8.38. The molecule has 0 saturated carbocycles. The monoisotopic (exact) mass is 296 g/mol. The number of piperidine rings is 1. The van der Waals surface area contributed by atoms with Crippen LogP contribution in [0.4, 0.5) is 5.69 Å². The molecule has 1 aliphatic heterocycles. The van der Waals surface area contributed by atoms with Gasteiger partial charge in [0.15, 0.2) is 0 Å². The SMILES string of the molecule is CCC(=O)Nc1ccc(S(=O)(=O)N2CCCCC2)cc1. The summed E-state index contributed by atoms with van der Waals surface area (Å²) in [5.74, 6) is -0.0864. The van der Waals surface area contributed by atoms with Gasteiger partial charge in [0.1, 0.15) is 0 Å². The zero-order valence-corrected chi connectivity index (χ0v) is 12.4. The summed E-state index contributed by atoms with van der Waals surface area (Å²) in [6.07, 6.45) is 3.33. The summed E-state index contributed by atoms with van der Waals surface area (Å²) in [7, 11) is -3.39. The Morgan fingerprint density at radius 2 is 1.75 bits per heavy atom. The zero-order chi connectivity index (χ0) is 14.6. The molecule has 0 radical (unpaired) electrons. The molecule has 0 atom stereocenters. The predicted octanol–water partition coefficient (Wildman–Crippen LogP) is 2.21. The third-order valence-electron chi connectivity index (χ3n) is 3.41. The van der Waals surface area contributed by atoms with Gasteiger partial charge in [-0.2, -0.15) is 4.31 Å². The van der Waals surface area contributed by atoms with Crippen molar-refractivity contribution in [1.29, 1.82) is 0 Å². The lowest BCUT2D eigenvalue weighted by molar-refractivity contribution is -0.115. The summed E-state index contributed by atoms with van der Waals surface area (Å²) in [5, 5.41) is 2.70. The van der Waals surface area contributed by atoms with E-state index < -0.39 is 10.0 Å². The van der Waals surface area contributed by atoms with Crippen LogP contribution in [0.1, 0.15) is 32.6 Å². The number of hydrogen-bond donors (Lipinski definition) is 1. The Labute approximate surface area is 120 Å². The number of hydrogen-bond acceptors (Lipinski definition) is 3. The number of benzene rings is 1. The van der Waals surface area contributed by atoms with Crippen LogP contribution in [-0.2, 0) is 14.8 Å². The van der Waals surface area contributed by atoms with Gasteiger partial charge in [-0.3, -0.25) is 4.79 Å². The predicted molar refractivity (Wildman–Crippen MR) is 78.0 cm³/mol. The molecule has 1 N–H and O–H groups in total. The smallest absolute Gasteiger partial charge is 0.243 e. The van der Waals surface area contributed by atoms with Crippen LogP contribution in [0.5, 0.6) is 0 Å². The molecule has 5 nitrogen and oxygen atoms in total. The van der Waals surface area contributed by atoms with Crippen molar-refractivity contribution in [3.8, 4) is 0 Å². The zero-order valence-electron chi connectivity index (χ0n) is 11.6. The normalized spacial score (nSPS) is 16.9. The number of amides is 1. The Hall–Kier alpha value is -1.40. The number of anilines is 1. The number of rotatable bonds is 4. The summed E-state index contributed by atoms with van der Waals surface area (Å²) in [6.45, 7) is 2.96. The second-order valence-corrected chi connectivity index (χ2v) is 6.83. The largest absolute Gasteiger partial charge is 0.326 e. The lowest BCUT2D eigenvalue weighted by atomic mass is 10.2. The molecule has 1 saturated heterocycles. The fourth-order valence-electron chi connectivity index (χ4n) is 2.21. The van der Waals surface area contributed by atoms with E-state index in [1.807, 2.05) is 0 Å². The van der Waals surface area contributed by atoms with E-state index in [9.17, 15) is 13.2 Å². The Morgan fingerprint density at radius 3 is 2.30 bits per heavy atom. The van der Waals surface area contributed by atoms with E-state index in [4.69, 9.17) is 0 Å². The maximum Gasteiger partial charge on any atom is 0.243 e. The van der Waals surface area contributed by atoms with Crippen molar-refractivity contribution in [3.63, 3.8) is 0 Å². The minimum Gasteiger partial charge on any atom is -0.326 e. The molecule has 1 aromatic rings. The summed E-state index contributed by atoms with van der Waals surface area (Å²) in [4.78, 5) is 11.6. The molecule has 1 fully saturated rings. The molecule has 1 amide bonds. The Balaban J connectivity index is 2.14. The van der Waals surface area contributed by atoms with Crippen LogP contribution in [0, 0.1) is 0 Å². The van der Waals surface area contributed by atoms with Gasteiger partial charge < -0.3 is 5.32 Å². The molecular formula is C14H20N2O3S. The average molecular weight is 296 g/mol. The molecule has 0 aliphatic carbocycles. The molecule has 0 unspecified atom stereocenters. The van der Waals surface area contributed by atoms with Crippen LogP contribution < -0.4 is 5.32 Å². The highest BCUT2D eigenvalue weighted by Gasteiger charge is 2.25. The summed E-state index contributed by atoms with van der Waals surface area (Å²) >= 11 is 0. The van der Waals surface area contributed by atoms with Gasteiger partial charge in [0.25, 0.3) is 0 Å². The molecule has 1 aromatic carbocycles. The molecular weight excluding hydrogens is 276 g/mol. The Morgan fingerprint density at radius 1 is 1.15 bits per heavy atom. The van der Waals surface area contributed by atoms with E-state index in [1.165, 1.54) is 4.31 Å². The van der Waals surface area contributed by atoms with E-state index in [-0.39, 0.29) is 10.8 Å². The standard InChI is InChI=1S/C14H20N2O3S/c1-2-14(17)15-12-6-8-13(9-7-12)20(18,19)16-10-4-3-5-11-16/h6-9H,2-5,10-11H2,1H3,(H,15,17). The summed E-state index contributed by atoms with van der Waals surface area (Å²) in [5.41, 5.74) is 0.620. The van der Waals surface area contributed by atoms with Gasteiger partial charge in [0.2, 0.25) is 15.9 Å². The lowest BCUT2D eigenvalue weighted by Crippen LogP contribution is -2.35. The fraction of sp³-hybridized carbons (Fsp3) is 0.500. The second kappa shape index (κ2) is 6.37. The Bertz CT molecular complexity index is 561. The number of carbonyl (C=O) groups excluding carboxylic acids is 1. The summed E-state index contributed by atoms with van der Waals surface area (Å²) < 4.78 is 26.4. The minimum absolute atomic E-state index is 0.0864. The van der Waals surface area contributed by atoms with Gasteiger partial charge in [-0.1, -0.05) is 13.3 Å². The molecule has 2 rings (SSSR count). The van der Waals surface area contributed by atoms with Gasteiger partial charge >= 0.3 is 0 Å². The van der Waals surface area contributed by atoms with Crippen molar-refractivity contribution in [2.45, 2.75) is 37.5 Å². The van der Waals surface area contributed by atoms with E-state index in [1.54, 1.807) is 31.2 Å². The number of nitrogens with zero attached hydrogens (tertiary/aromatic N) is 1. The Kier molecular flexibility index (Phi) is 4.77. The van der Waals surface area contributed by atoms with Crippen molar-refractivity contribution in [2.24, 2.45) is 0 Å². The van der Waals surface area contributed by atoms with Crippen molar-refractivity contribution < 1.29 is 13.2 Å². The lowest BCUT2D eigenvalue weighted by Gasteiger charge is -2.25. The van der Waals surface area contributed by atoms with Gasteiger partial charge in [-0.25, -0.2) is 8.42 Å². The van der Waals surface area contributed by atoms with Crippen molar-refractivity contribution in [2.75, 3.05) is 18.4 Å². The highest BCUT2D eigenvalue weighted by molar-refractivity contribution is 7.89. The van der Waals surface area contributed by atoms with Crippen molar-refractivity contribution in [1.82, 2.24) is 4.31 Å². The van der Waals surface area contributed by atoms with Gasteiger partial charge in [0, 0.05) is 25.2 Å². The van der Waals surface area contributed by atoms with E-state index >= 15 is 0 Å². The van der Waals surface area contributed by atoms with E-state index in [0.717, 1.165) is 19.3 Å². The van der Waals surface area contributed by atoms with Gasteiger partial charge in [-0.05, 0) is 37.1 Å². The highest BCUT2D eigenvalue weighted by Crippen LogP contribution is 2.21. The van der Waals surface area contributed by atoms with Gasteiger partial charge in [-0.15, -0.1) is 0 Å². The first kappa shape index (κ1) is 15.0. The first-order chi connectivity index (χ1) is 9.54. The molecule has 0 aromatic heterocycles. The quantitative estimate of drug-likeness (QED) is 0.926. The first-order valence-electron chi connectivity index (χ1n) is 6.94. The molecule has 1 aliphatic rings. The number of sulfonamides is 1. The van der Waals surface area contributed by atoms with Crippen LogP contribution in [0.25, 0.3) is 0 Å². The van der Waals surface area contributed by atoms with Crippen LogP contribution in [-0.4, -0.2) is 31.7 Å². The minimum atomic E-state index is -3.39. The third-order valence-corrected chi connectivity index (χ3v) is 5.32. The molecule has 1 heterocycles. The van der Waals surface area contributed by atoms with Gasteiger partial charge in [0.05, 0.1) is 4.90 Å². The number of carbonyl (C=O) groups is 1. The average Bonchev–Trinajstić information content (AvgIpc) is 2.48. The maximum atomic E-state index is 12.4. The van der Waals surface area contributed by atoms with Crippen LogP contribution in [0.3, 0.4) is 0 Å². The highest BCUT2D eigenvalue weighted by atomic mass is 32.2. The molecule has 110 valence electrons. The molecule has 6 heteroatoms.